The zero-order chi connectivity index (χ0) is 45.8. The second-order valence-electron chi connectivity index (χ2n) is 18.1. The average Bonchev–Trinajstić information content (AvgIpc) is 3.28. The predicted molar refractivity (Wildman–Crippen MR) is 270 cm³/mol. The first kappa shape index (κ1) is 60.4. The Morgan fingerprint density at radius 2 is 0.587 bits per heavy atom. The highest BCUT2D eigenvalue weighted by Crippen LogP contribution is 2.15. The summed E-state index contributed by atoms with van der Waals surface area (Å²) in [7, 11) is 0. The Morgan fingerprint density at radius 1 is 0.317 bits per heavy atom. The van der Waals surface area contributed by atoms with Gasteiger partial charge >= 0.3 is 17.9 Å². The molecule has 0 aromatic carbocycles. The molecule has 0 saturated heterocycles. The van der Waals surface area contributed by atoms with Crippen molar-refractivity contribution in [3.63, 3.8) is 0 Å². The van der Waals surface area contributed by atoms with Crippen LogP contribution in [0.1, 0.15) is 278 Å². The first-order chi connectivity index (χ1) is 31.0. The number of rotatable bonds is 49. The van der Waals surface area contributed by atoms with Crippen LogP contribution in [-0.2, 0) is 28.6 Å². The fourth-order valence-electron chi connectivity index (χ4n) is 7.62. The van der Waals surface area contributed by atoms with Crippen LogP contribution in [0.3, 0.4) is 0 Å². The van der Waals surface area contributed by atoms with Gasteiger partial charge in [0.15, 0.2) is 6.10 Å². The summed E-state index contributed by atoms with van der Waals surface area (Å²) in [6.45, 7) is 6.57. The Bertz CT molecular complexity index is 1110. The lowest BCUT2D eigenvalue weighted by Crippen LogP contribution is -2.30. The molecule has 0 aliphatic rings. The molecule has 6 nitrogen and oxygen atoms in total. The predicted octanol–water partition coefficient (Wildman–Crippen LogP) is 17.9. The lowest BCUT2D eigenvalue weighted by molar-refractivity contribution is -0.167. The maximum atomic E-state index is 12.8. The fraction of sp³-hybridized carbons (Fsp3) is 0.807. The smallest absolute Gasteiger partial charge is 0.306 e. The minimum atomic E-state index is -0.780. The summed E-state index contributed by atoms with van der Waals surface area (Å²) in [5.74, 6) is -0.894. The van der Waals surface area contributed by atoms with Crippen LogP contribution >= 0.6 is 0 Å². The number of hydrogen-bond donors (Lipinski definition) is 0. The van der Waals surface area contributed by atoms with Crippen molar-refractivity contribution in [1.29, 1.82) is 0 Å². The van der Waals surface area contributed by atoms with Gasteiger partial charge < -0.3 is 14.2 Å². The van der Waals surface area contributed by atoms with Crippen LogP contribution in [0, 0.1) is 0 Å². The van der Waals surface area contributed by atoms with Crippen LogP contribution in [0.2, 0.25) is 0 Å². The summed E-state index contributed by atoms with van der Waals surface area (Å²) in [4.78, 5) is 38.0. The van der Waals surface area contributed by atoms with Crippen LogP contribution in [0.25, 0.3) is 0 Å². The highest BCUT2D eigenvalue weighted by molar-refractivity contribution is 5.71. The van der Waals surface area contributed by atoms with E-state index in [1.807, 2.05) is 0 Å². The third-order valence-corrected chi connectivity index (χ3v) is 11.8. The summed E-state index contributed by atoms with van der Waals surface area (Å²) in [6, 6.07) is 0. The third-order valence-electron chi connectivity index (χ3n) is 11.8. The SMILES string of the molecule is CCCC/C=C\CCCCCCCC(=O)OC[C@H](COC(=O)CCCCCCCCC/C=C\C/C=C\CCCCC)OC(=O)CCCCCCCCC/C=C\CCCCCCCC. The number of carbonyl (C=O) groups excluding carboxylic acids is 3. The molecule has 0 amide bonds. The first-order valence-corrected chi connectivity index (χ1v) is 27.1. The molecular weight excluding hydrogens is 781 g/mol. The van der Waals surface area contributed by atoms with Crippen molar-refractivity contribution in [2.45, 2.75) is 284 Å². The van der Waals surface area contributed by atoms with Crippen molar-refractivity contribution >= 4 is 17.9 Å². The molecule has 0 bridgehead atoms. The largest absolute Gasteiger partial charge is 0.462 e. The number of ether oxygens (including phenoxy) is 3. The lowest BCUT2D eigenvalue weighted by Gasteiger charge is -2.18. The molecule has 0 rings (SSSR count). The van der Waals surface area contributed by atoms with Crippen molar-refractivity contribution in [2.24, 2.45) is 0 Å². The minimum absolute atomic E-state index is 0.0807. The topological polar surface area (TPSA) is 78.9 Å². The number of allylic oxidation sites excluding steroid dienone is 8. The number of carbonyl (C=O) groups is 3. The highest BCUT2D eigenvalue weighted by Gasteiger charge is 2.19. The molecule has 0 radical (unpaired) electrons. The average molecular weight is 883 g/mol. The molecule has 0 unspecified atom stereocenters. The molecule has 1 atom stereocenters. The number of unbranched alkanes of at least 4 members (excludes halogenated alkanes) is 30. The van der Waals surface area contributed by atoms with Gasteiger partial charge in [0.25, 0.3) is 0 Å². The monoisotopic (exact) mass is 883 g/mol. The summed E-state index contributed by atoms with van der Waals surface area (Å²) in [6.07, 6.45) is 62.3. The molecular formula is C57H102O6. The summed E-state index contributed by atoms with van der Waals surface area (Å²) in [5.41, 5.74) is 0. The Morgan fingerprint density at radius 3 is 0.968 bits per heavy atom. The van der Waals surface area contributed by atoms with Gasteiger partial charge in [-0.25, -0.2) is 0 Å². The van der Waals surface area contributed by atoms with Crippen LogP contribution in [0.4, 0.5) is 0 Å². The van der Waals surface area contributed by atoms with Crippen LogP contribution < -0.4 is 0 Å². The van der Waals surface area contributed by atoms with E-state index >= 15 is 0 Å². The Hall–Kier alpha value is -2.63. The van der Waals surface area contributed by atoms with Gasteiger partial charge in [0.1, 0.15) is 13.2 Å². The summed E-state index contributed by atoms with van der Waals surface area (Å²) in [5, 5.41) is 0. The quantitative estimate of drug-likeness (QED) is 0.0262. The van der Waals surface area contributed by atoms with E-state index in [1.165, 1.54) is 161 Å². The van der Waals surface area contributed by atoms with Crippen LogP contribution in [0.5, 0.6) is 0 Å². The van der Waals surface area contributed by atoms with Gasteiger partial charge in [-0.05, 0) is 96.3 Å². The zero-order valence-corrected chi connectivity index (χ0v) is 41.8. The number of esters is 3. The van der Waals surface area contributed by atoms with Crippen molar-refractivity contribution in [3.8, 4) is 0 Å². The van der Waals surface area contributed by atoms with Gasteiger partial charge in [-0.2, -0.15) is 0 Å². The van der Waals surface area contributed by atoms with E-state index in [-0.39, 0.29) is 31.1 Å². The standard InChI is InChI=1S/C57H102O6/c1-4-7-10-13-16-19-22-24-26-28-30-32-35-38-41-44-47-50-56(59)62-53-54(52-61-55(58)49-46-43-40-37-34-21-18-15-12-9-6-3)63-57(60)51-48-45-42-39-36-33-31-29-27-25-23-20-17-14-11-8-5-2/h15-16,18-19,24-27,54H,4-14,17,20-23,28-53H2,1-3H3/b18-15-,19-16-,26-24-,27-25-/t54-/m1/s1. The molecule has 366 valence electrons. The van der Waals surface area contributed by atoms with Gasteiger partial charge in [-0.3, -0.25) is 14.4 Å². The number of hydrogen-bond acceptors (Lipinski definition) is 6. The van der Waals surface area contributed by atoms with Gasteiger partial charge in [-0.1, -0.05) is 211 Å². The van der Waals surface area contributed by atoms with Crippen LogP contribution in [0.15, 0.2) is 48.6 Å². The Kier molecular flexibility index (Phi) is 49.8. The van der Waals surface area contributed by atoms with Crippen molar-refractivity contribution in [1.82, 2.24) is 0 Å². The molecule has 0 aliphatic heterocycles. The minimum Gasteiger partial charge on any atom is -0.462 e. The normalized spacial score (nSPS) is 12.4. The van der Waals surface area contributed by atoms with Crippen LogP contribution in [-0.4, -0.2) is 37.2 Å². The maximum absolute atomic E-state index is 12.8. The van der Waals surface area contributed by atoms with E-state index in [0.717, 1.165) is 77.0 Å². The second kappa shape index (κ2) is 52.0. The molecule has 0 fully saturated rings. The van der Waals surface area contributed by atoms with Gasteiger partial charge in [0.05, 0.1) is 0 Å². The van der Waals surface area contributed by atoms with E-state index in [1.54, 1.807) is 0 Å². The maximum Gasteiger partial charge on any atom is 0.306 e. The van der Waals surface area contributed by atoms with E-state index in [2.05, 4.69) is 69.4 Å². The Balaban J connectivity index is 4.36. The summed E-state index contributed by atoms with van der Waals surface area (Å²) < 4.78 is 16.8. The fourth-order valence-corrected chi connectivity index (χ4v) is 7.62. The molecule has 0 aromatic heterocycles. The first-order valence-electron chi connectivity index (χ1n) is 27.1. The van der Waals surface area contributed by atoms with E-state index < -0.39 is 6.10 Å². The zero-order valence-electron chi connectivity index (χ0n) is 41.8. The molecule has 0 N–H and O–H groups in total. The van der Waals surface area contributed by atoms with Crippen molar-refractivity contribution in [3.05, 3.63) is 48.6 Å². The van der Waals surface area contributed by atoms with Gasteiger partial charge in [0, 0.05) is 19.3 Å². The molecule has 0 saturated carbocycles. The van der Waals surface area contributed by atoms with Crippen molar-refractivity contribution in [2.75, 3.05) is 13.2 Å². The van der Waals surface area contributed by atoms with Gasteiger partial charge in [0.2, 0.25) is 0 Å². The van der Waals surface area contributed by atoms with Crippen molar-refractivity contribution < 1.29 is 28.6 Å². The molecule has 63 heavy (non-hydrogen) atoms. The molecule has 6 heteroatoms. The molecule has 0 heterocycles. The Labute approximate surface area is 390 Å². The molecule has 0 spiro atoms. The van der Waals surface area contributed by atoms with E-state index in [4.69, 9.17) is 14.2 Å². The second-order valence-corrected chi connectivity index (χ2v) is 18.1. The van der Waals surface area contributed by atoms with Gasteiger partial charge in [-0.15, -0.1) is 0 Å². The van der Waals surface area contributed by atoms with E-state index in [0.29, 0.717) is 19.3 Å². The summed E-state index contributed by atoms with van der Waals surface area (Å²) >= 11 is 0. The third kappa shape index (κ3) is 50.2. The van der Waals surface area contributed by atoms with E-state index in [9.17, 15) is 14.4 Å². The highest BCUT2D eigenvalue weighted by atomic mass is 16.6. The lowest BCUT2D eigenvalue weighted by atomic mass is 10.1. The molecule has 0 aliphatic carbocycles. The molecule has 0 aromatic rings.